The first-order valence-corrected chi connectivity index (χ1v) is 14.4. The number of pyridine rings is 2. The standard InChI is InChI=1S/C29H27F3N4O5S/c1-28(2,3)41-27(38)35-25-12-9-19-8-7-18(14-22(19)34-25)17-36(26(37)20-6-5-13-33-16-20)23-11-10-21(29(30,31)32)15-24(23)42(4,39)40/h5-16H,17H2,1-4H3,(H,34,35,38). The van der Waals surface area contributed by atoms with E-state index in [1.807, 2.05) is 0 Å². The summed E-state index contributed by atoms with van der Waals surface area (Å²) in [7, 11) is -4.21. The van der Waals surface area contributed by atoms with Crippen molar-refractivity contribution < 1.29 is 35.9 Å². The second-order valence-electron chi connectivity index (χ2n) is 10.4. The highest BCUT2D eigenvalue weighted by molar-refractivity contribution is 7.90. The normalized spacial score (nSPS) is 12.2. The number of ether oxygens (including phenoxy) is 1. The molecule has 4 rings (SSSR count). The van der Waals surface area contributed by atoms with Crippen LogP contribution in [0.5, 0.6) is 0 Å². The highest BCUT2D eigenvalue weighted by atomic mass is 32.2. The summed E-state index contributed by atoms with van der Waals surface area (Å²) in [5.41, 5.74) is -1.10. The minimum Gasteiger partial charge on any atom is -0.444 e. The highest BCUT2D eigenvalue weighted by Crippen LogP contribution is 2.36. The van der Waals surface area contributed by atoms with Gasteiger partial charge in [-0.15, -0.1) is 0 Å². The predicted octanol–water partition coefficient (Wildman–Crippen LogP) is 6.25. The van der Waals surface area contributed by atoms with Gasteiger partial charge in [-0.1, -0.05) is 12.1 Å². The summed E-state index contributed by atoms with van der Waals surface area (Å²) in [4.78, 5) is 34.7. The predicted molar refractivity (Wildman–Crippen MR) is 151 cm³/mol. The molecule has 2 amide bonds. The third kappa shape index (κ3) is 7.40. The van der Waals surface area contributed by atoms with Crippen molar-refractivity contribution in [1.82, 2.24) is 9.97 Å². The summed E-state index contributed by atoms with van der Waals surface area (Å²) in [6, 6.07) is 13.5. The number of aromatic nitrogens is 2. The SMILES string of the molecule is CC(C)(C)OC(=O)Nc1ccc2ccc(CN(C(=O)c3cccnc3)c3ccc(C(F)(F)F)cc3S(C)(=O)=O)cc2n1. The van der Waals surface area contributed by atoms with Crippen LogP contribution in [-0.4, -0.2) is 42.2 Å². The summed E-state index contributed by atoms with van der Waals surface area (Å²) >= 11 is 0. The third-order valence-corrected chi connectivity index (χ3v) is 6.98. The average Bonchev–Trinajstić information content (AvgIpc) is 2.89. The van der Waals surface area contributed by atoms with Gasteiger partial charge in [0.2, 0.25) is 0 Å². The lowest BCUT2D eigenvalue weighted by Crippen LogP contribution is -2.32. The number of fused-ring (bicyclic) bond motifs is 1. The monoisotopic (exact) mass is 600 g/mol. The van der Waals surface area contributed by atoms with E-state index in [1.165, 1.54) is 24.5 Å². The Morgan fingerprint density at radius 1 is 1.00 bits per heavy atom. The Hall–Kier alpha value is -4.52. The van der Waals surface area contributed by atoms with E-state index in [4.69, 9.17) is 4.74 Å². The first kappa shape index (κ1) is 30.4. The Balaban J connectivity index is 1.78. The van der Waals surface area contributed by atoms with Crippen molar-refractivity contribution in [2.45, 2.75) is 44.0 Å². The van der Waals surface area contributed by atoms with Crippen LogP contribution in [0.1, 0.15) is 42.3 Å². The van der Waals surface area contributed by atoms with Gasteiger partial charge in [-0.25, -0.2) is 18.2 Å². The van der Waals surface area contributed by atoms with Crippen molar-refractivity contribution in [3.63, 3.8) is 0 Å². The summed E-state index contributed by atoms with van der Waals surface area (Å²) in [5.74, 6) is -0.472. The number of hydrogen-bond acceptors (Lipinski definition) is 7. The second-order valence-corrected chi connectivity index (χ2v) is 12.4. The number of carbonyl (C=O) groups excluding carboxylic acids is 2. The Bertz CT molecular complexity index is 1760. The maximum Gasteiger partial charge on any atom is 0.416 e. The first-order valence-electron chi connectivity index (χ1n) is 12.5. The molecule has 0 aliphatic heterocycles. The van der Waals surface area contributed by atoms with Gasteiger partial charge < -0.3 is 9.64 Å². The highest BCUT2D eigenvalue weighted by Gasteiger charge is 2.34. The van der Waals surface area contributed by atoms with E-state index < -0.39 is 44.1 Å². The van der Waals surface area contributed by atoms with Crippen molar-refractivity contribution in [3.8, 4) is 0 Å². The second kappa shape index (κ2) is 11.4. The van der Waals surface area contributed by atoms with Gasteiger partial charge in [-0.05, 0) is 74.9 Å². The molecule has 1 N–H and O–H groups in total. The quantitative estimate of drug-likeness (QED) is 0.278. The van der Waals surface area contributed by atoms with E-state index in [-0.39, 0.29) is 23.6 Å². The van der Waals surface area contributed by atoms with Crippen molar-refractivity contribution in [1.29, 1.82) is 0 Å². The van der Waals surface area contributed by atoms with Gasteiger partial charge in [0.15, 0.2) is 9.84 Å². The molecule has 0 unspecified atom stereocenters. The molecule has 9 nitrogen and oxygen atoms in total. The molecule has 0 bridgehead atoms. The molecule has 0 saturated heterocycles. The third-order valence-electron chi connectivity index (χ3n) is 5.86. The number of nitrogens with one attached hydrogen (secondary N) is 1. The number of halogens is 3. The number of amides is 2. The minimum absolute atomic E-state index is 0.0969. The fourth-order valence-corrected chi connectivity index (χ4v) is 4.94. The van der Waals surface area contributed by atoms with Crippen LogP contribution in [0.3, 0.4) is 0 Å². The van der Waals surface area contributed by atoms with Crippen molar-refractivity contribution >= 4 is 44.2 Å². The van der Waals surface area contributed by atoms with Gasteiger partial charge in [0, 0.05) is 24.0 Å². The molecule has 0 radical (unpaired) electrons. The zero-order chi connectivity index (χ0) is 30.9. The summed E-state index contributed by atoms with van der Waals surface area (Å²) < 4.78 is 71.0. The lowest BCUT2D eigenvalue weighted by Gasteiger charge is -2.26. The molecule has 0 aliphatic carbocycles. The largest absolute Gasteiger partial charge is 0.444 e. The number of benzene rings is 2. The molecular weight excluding hydrogens is 573 g/mol. The average molecular weight is 601 g/mol. The van der Waals surface area contributed by atoms with Crippen LogP contribution in [-0.2, 0) is 27.3 Å². The maximum atomic E-state index is 13.7. The molecule has 2 heterocycles. The molecule has 42 heavy (non-hydrogen) atoms. The van der Waals surface area contributed by atoms with Crippen LogP contribution in [0, 0.1) is 0 Å². The molecule has 220 valence electrons. The Kier molecular flexibility index (Phi) is 8.26. The van der Waals surface area contributed by atoms with Crippen molar-refractivity contribution in [2.24, 2.45) is 0 Å². The molecule has 0 saturated carbocycles. The number of sulfone groups is 1. The van der Waals surface area contributed by atoms with Crippen molar-refractivity contribution in [2.75, 3.05) is 16.5 Å². The molecule has 2 aromatic heterocycles. The van der Waals surface area contributed by atoms with Crippen molar-refractivity contribution in [3.05, 3.63) is 89.7 Å². The fourth-order valence-electron chi connectivity index (χ4n) is 4.04. The molecule has 13 heteroatoms. The number of nitrogens with zero attached hydrogens (tertiary/aromatic N) is 3. The van der Waals surface area contributed by atoms with E-state index in [0.29, 0.717) is 22.5 Å². The summed E-state index contributed by atoms with van der Waals surface area (Å²) in [6.45, 7) is 4.94. The summed E-state index contributed by atoms with van der Waals surface area (Å²) in [6.07, 6.45) is -2.01. The van der Waals surface area contributed by atoms with Crippen LogP contribution >= 0.6 is 0 Å². The van der Waals surface area contributed by atoms with Crippen LogP contribution in [0.2, 0.25) is 0 Å². The fraction of sp³-hybridized carbons (Fsp3) is 0.241. The molecule has 0 spiro atoms. The lowest BCUT2D eigenvalue weighted by atomic mass is 10.1. The molecule has 2 aromatic carbocycles. The zero-order valence-electron chi connectivity index (χ0n) is 23.1. The maximum absolute atomic E-state index is 13.7. The molecule has 0 atom stereocenters. The summed E-state index contributed by atoms with van der Waals surface area (Å²) in [5, 5.41) is 3.25. The molecule has 4 aromatic rings. The topological polar surface area (TPSA) is 119 Å². The van der Waals surface area contributed by atoms with E-state index in [0.717, 1.165) is 23.3 Å². The molecular formula is C29H27F3N4O5S. The van der Waals surface area contributed by atoms with Gasteiger partial charge in [0.25, 0.3) is 5.91 Å². The van der Waals surface area contributed by atoms with Gasteiger partial charge in [-0.3, -0.25) is 15.1 Å². The van der Waals surface area contributed by atoms with E-state index in [1.54, 1.807) is 51.1 Å². The van der Waals surface area contributed by atoms with Crippen LogP contribution in [0.25, 0.3) is 10.9 Å². The Morgan fingerprint density at radius 2 is 1.71 bits per heavy atom. The number of alkyl halides is 3. The van der Waals surface area contributed by atoms with Crippen LogP contribution in [0.4, 0.5) is 29.5 Å². The number of carbonyl (C=O) groups is 2. The number of rotatable bonds is 6. The Morgan fingerprint density at radius 3 is 2.33 bits per heavy atom. The Labute approximate surface area is 240 Å². The molecule has 0 aliphatic rings. The molecule has 0 fully saturated rings. The lowest BCUT2D eigenvalue weighted by molar-refractivity contribution is -0.137. The van der Waals surface area contributed by atoms with Crippen LogP contribution < -0.4 is 10.2 Å². The van der Waals surface area contributed by atoms with E-state index in [9.17, 15) is 31.2 Å². The zero-order valence-corrected chi connectivity index (χ0v) is 23.9. The van der Waals surface area contributed by atoms with Gasteiger partial charge in [0.05, 0.1) is 33.8 Å². The number of anilines is 2. The van der Waals surface area contributed by atoms with Gasteiger partial charge >= 0.3 is 12.3 Å². The van der Waals surface area contributed by atoms with E-state index >= 15 is 0 Å². The first-order chi connectivity index (χ1) is 19.5. The number of hydrogen-bond donors (Lipinski definition) is 1. The smallest absolute Gasteiger partial charge is 0.416 e. The van der Waals surface area contributed by atoms with Crippen LogP contribution in [0.15, 0.2) is 78.0 Å². The van der Waals surface area contributed by atoms with E-state index in [2.05, 4.69) is 15.3 Å². The minimum atomic E-state index is -4.80. The van der Waals surface area contributed by atoms with Gasteiger partial charge in [-0.2, -0.15) is 13.2 Å². The van der Waals surface area contributed by atoms with Gasteiger partial charge in [0.1, 0.15) is 11.4 Å².